The van der Waals surface area contributed by atoms with Crippen molar-refractivity contribution in [2.75, 3.05) is 13.2 Å². The van der Waals surface area contributed by atoms with Gasteiger partial charge in [-0.05, 0) is 55.5 Å². The Kier molecular flexibility index (Phi) is 7.38. The number of para-hydroxylation sites is 1. The van der Waals surface area contributed by atoms with Crippen LogP contribution in [0.15, 0.2) is 79.0 Å². The molecule has 35 heavy (non-hydrogen) atoms. The van der Waals surface area contributed by atoms with Crippen molar-refractivity contribution in [2.45, 2.75) is 13.5 Å². The first-order valence-electron chi connectivity index (χ1n) is 11.0. The molecule has 0 saturated heterocycles. The Hall–Kier alpha value is -4.64. The molecular weight excluding hydrogens is 447 g/mol. The topological polar surface area (TPSA) is 89.2 Å². The normalized spacial score (nSPS) is 10.4. The van der Waals surface area contributed by atoms with Gasteiger partial charge in [-0.25, -0.2) is 9.07 Å². The van der Waals surface area contributed by atoms with Crippen LogP contribution in [0.3, 0.4) is 0 Å². The van der Waals surface area contributed by atoms with E-state index in [9.17, 15) is 9.18 Å². The van der Waals surface area contributed by atoms with Crippen molar-refractivity contribution in [3.63, 3.8) is 0 Å². The molecule has 0 bridgehead atoms. The Labute approximate surface area is 202 Å². The van der Waals surface area contributed by atoms with Crippen LogP contribution in [0.2, 0.25) is 0 Å². The number of carbonyl (C=O) groups excluding carboxylic acids is 1. The Morgan fingerprint density at radius 1 is 1.06 bits per heavy atom. The molecular formula is C27H23FN4O3. The predicted octanol–water partition coefficient (Wildman–Crippen LogP) is 4.64. The molecule has 0 spiro atoms. The summed E-state index contributed by atoms with van der Waals surface area (Å²) in [5, 5.41) is 16.6. The highest BCUT2D eigenvalue weighted by Crippen LogP contribution is 2.28. The second-order valence-corrected chi connectivity index (χ2v) is 7.56. The monoisotopic (exact) mass is 470 g/mol. The van der Waals surface area contributed by atoms with E-state index >= 15 is 0 Å². The zero-order valence-corrected chi connectivity index (χ0v) is 19.1. The lowest BCUT2D eigenvalue weighted by molar-refractivity contribution is -0.123. The molecule has 0 saturated carbocycles. The number of amides is 1. The molecule has 7 nitrogen and oxygen atoms in total. The van der Waals surface area contributed by atoms with E-state index in [0.29, 0.717) is 29.4 Å². The number of hydrogen-bond donors (Lipinski definition) is 1. The van der Waals surface area contributed by atoms with Gasteiger partial charge in [0.2, 0.25) is 0 Å². The van der Waals surface area contributed by atoms with Gasteiger partial charge in [-0.3, -0.25) is 4.79 Å². The molecule has 1 N–H and O–H groups in total. The fourth-order valence-corrected chi connectivity index (χ4v) is 3.46. The first-order chi connectivity index (χ1) is 17.1. The molecule has 176 valence electrons. The van der Waals surface area contributed by atoms with Crippen LogP contribution in [-0.2, 0) is 11.3 Å². The Morgan fingerprint density at radius 2 is 1.83 bits per heavy atom. The summed E-state index contributed by atoms with van der Waals surface area (Å²) >= 11 is 0. The molecule has 3 aromatic carbocycles. The summed E-state index contributed by atoms with van der Waals surface area (Å²) in [5.41, 5.74) is 3.44. The van der Waals surface area contributed by atoms with Crippen molar-refractivity contribution in [2.24, 2.45) is 0 Å². The number of benzene rings is 3. The molecule has 0 unspecified atom stereocenters. The fourth-order valence-electron chi connectivity index (χ4n) is 3.46. The summed E-state index contributed by atoms with van der Waals surface area (Å²) in [7, 11) is 0. The van der Waals surface area contributed by atoms with E-state index in [4.69, 9.17) is 14.7 Å². The van der Waals surface area contributed by atoms with E-state index in [1.807, 2.05) is 49.5 Å². The lowest BCUT2D eigenvalue weighted by Crippen LogP contribution is -2.28. The highest BCUT2D eigenvalue weighted by Gasteiger charge is 2.15. The van der Waals surface area contributed by atoms with Gasteiger partial charge in [0.05, 0.1) is 29.6 Å². The standard InChI is InChI=1S/C27H23FN4O3/c1-2-34-25-14-19(15-29)8-13-24(25)35-18-26(33)30-16-21-17-32(23-6-4-3-5-7-23)31-27(21)20-9-11-22(28)12-10-20/h3-14,17H,2,16,18H2,1H3,(H,30,33). The van der Waals surface area contributed by atoms with Gasteiger partial charge in [-0.1, -0.05) is 18.2 Å². The van der Waals surface area contributed by atoms with E-state index in [-0.39, 0.29) is 24.9 Å². The number of aromatic nitrogens is 2. The minimum absolute atomic E-state index is 0.202. The van der Waals surface area contributed by atoms with E-state index in [2.05, 4.69) is 10.4 Å². The van der Waals surface area contributed by atoms with E-state index < -0.39 is 0 Å². The minimum Gasteiger partial charge on any atom is -0.490 e. The maximum atomic E-state index is 13.4. The van der Waals surface area contributed by atoms with E-state index in [1.165, 1.54) is 12.1 Å². The zero-order chi connectivity index (χ0) is 24.6. The summed E-state index contributed by atoms with van der Waals surface area (Å²) in [6.45, 7) is 2.19. The fraction of sp³-hybridized carbons (Fsp3) is 0.148. The number of halogens is 1. The second kappa shape index (κ2) is 11.0. The average Bonchev–Trinajstić information content (AvgIpc) is 3.32. The molecule has 0 aliphatic rings. The Morgan fingerprint density at radius 3 is 2.54 bits per heavy atom. The quantitative estimate of drug-likeness (QED) is 0.385. The third kappa shape index (κ3) is 5.84. The molecule has 1 heterocycles. The van der Waals surface area contributed by atoms with Crippen molar-refractivity contribution in [1.29, 1.82) is 5.26 Å². The van der Waals surface area contributed by atoms with Gasteiger partial charge in [0.25, 0.3) is 5.91 Å². The molecule has 0 radical (unpaired) electrons. The van der Waals surface area contributed by atoms with Gasteiger partial charge in [0.15, 0.2) is 18.1 Å². The first-order valence-corrected chi connectivity index (χ1v) is 11.0. The molecule has 0 aliphatic carbocycles. The predicted molar refractivity (Wildman–Crippen MR) is 129 cm³/mol. The summed E-state index contributed by atoms with van der Waals surface area (Å²) < 4.78 is 26.3. The molecule has 1 aromatic heterocycles. The van der Waals surface area contributed by atoms with Crippen LogP contribution < -0.4 is 14.8 Å². The smallest absolute Gasteiger partial charge is 0.258 e. The van der Waals surface area contributed by atoms with Crippen molar-refractivity contribution < 1.29 is 18.7 Å². The Bertz CT molecular complexity index is 1350. The van der Waals surface area contributed by atoms with Gasteiger partial charge < -0.3 is 14.8 Å². The molecule has 4 aromatic rings. The summed E-state index contributed by atoms with van der Waals surface area (Å²) in [4.78, 5) is 12.5. The summed E-state index contributed by atoms with van der Waals surface area (Å²) in [6, 6.07) is 22.5. The molecule has 1 amide bonds. The number of ether oxygens (including phenoxy) is 2. The van der Waals surface area contributed by atoms with E-state index in [0.717, 1.165) is 16.8 Å². The highest BCUT2D eigenvalue weighted by atomic mass is 19.1. The number of nitrogens with one attached hydrogen (secondary N) is 1. The average molecular weight is 471 g/mol. The number of carbonyl (C=O) groups is 1. The number of nitrogens with zero attached hydrogens (tertiary/aromatic N) is 3. The number of hydrogen-bond acceptors (Lipinski definition) is 5. The van der Waals surface area contributed by atoms with Gasteiger partial charge in [-0.2, -0.15) is 10.4 Å². The third-order valence-electron chi connectivity index (χ3n) is 5.14. The Balaban J connectivity index is 1.48. The maximum Gasteiger partial charge on any atom is 0.258 e. The largest absolute Gasteiger partial charge is 0.490 e. The van der Waals surface area contributed by atoms with Crippen LogP contribution in [0.1, 0.15) is 18.1 Å². The van der Waals surface area contributed by atoms with Gasteiger partial charge in [-0.15, -0.1) is 0 Å². The van der Waals surface area contributed by atoms with Crippen molar-refractivity contribution >= 4 is 5.91 Å². The maximum absolute atomic E-state index is 13.4. The van der Waals surface area contributed by atoms with Gasteiger partial charge in [0.1, 0.15) is 5.82 Å². The van der Waals surface area contributed by atoms with Crippen LogP contribution in [0.25, 0.3) is 16.9 Å². The zero-order valence-electron chi connectivity index (χ0n) is 19.1. The van der Waals surface area contributed by atoms with Crippen molar-refractivity contribution in [1.82, 2.24) is 15.1 Å². The van der Waals surface area contributed by atoms with Crippen molar-refractivity contribution in [3.05, 3.63) is 95.9 Å². The van der Waals surface area contributed by atoms with Gasteiger partial charge >= 0.3 is 0 Å². The number of nitriles is 1. The molecule has 0 atom stereocenters. The van der Waals surface area contributed by atoms with Crippen LogP contribution in [-0.4, -0.2) is 28.9 Å². The lowest BCUT2D eigenvalue weighted by Gasteiger charge is -2.12. The SMILES string of the molecule is CCOc1cc(C#N)ccc1OCC(=O)NCc1cn(-c2ccccc2)nc1-c1ccc(F)cc1. The van der Waals surface area contributed by atoms with Crippen molar-refractivity contribution in [3.8, 4) is 34.5 Å². The minimum atomic E-state index is -0.339. The lowest BCUT2D eigenvalue weighted by atomic mass is 10.1. The molecule has 8 heteroatoms. The van der Waals surface area contributed by atoms with E-state index in [1.54, 1.807) is 35.0 Å². The molecule has 0 aliphatic heterocycles. The highest BCUT2D eigenvalue weighted by molar-refractivity contribution is 5.78. The first kappa shape index (κ1) is 23.5. The van der Waals surface area contributed by atoms with Crippen LogP contribution in [0.5, 0.6) is 11.5 Å². The molecule has 4 rings (SSSR count). The molecule has 0 fully saturated rings. The number of rotatable bonds is 9. The summed E-state index contributed by atoms with van der Waals surface area (Å²) in [6.07, 6.45) is 1.84. The third-order valence-corrected chi connectivity index (χ3v) is 5.14. The second-order valence-electron chi connectivity index (χ2n) is 7.56. The van der Waals surface area contributed by atoms with Crippen LogP contribution >= 0.6 is 0 Å². The van der Waals surface area contributed by atoms with Crippen LogP contribution in [0.4, 0.5) is 4.39 Å². The van der Waals surface area contributed by atoms with Crippen LogP contribution in [0, 0.1) is 17.1 Å². The summed E-state index contributed by atoms with van der Waals surface area (Å²) in [5.74, 6) is 0.110. The van der Waals surface area contributed by atoms with Gasteiger partial charge in [0, 0.05) is 29.9 Å².